The molecule has 0 bridgehead atoms. The summed E-state index contributed by atoms with van der Waals surface area (Å²) in [6, 6.07) is 3.98. The molecule has 1 unspecified atom stereocenters. The molecule has 0 fully saturated rings. The van der Waals surface area contributed by atoms with E-state index in [0.717, 1.165) is 4.47 Å². The lowest BCUT2D eigenvalue weighted by Gasteiger charge is -2.19. The predicted octanol–water partition coefficient (Wildman–Crippen LogP) is 2.11. The number of carbonyl (C=O) groups is 1. The van der Waals surface area contributed by atoms with Gasteiger partial charge in [0.15, 0.2) is 0 Å². The molecule has 0 heterocycles. The summed E-state index contributed by atoms with van der Waals surface area (Å²) in [7, 11) is 1.59. The number of hydrogen-bond acceptors (Lipinski definition) is 2. The minimum absolute atomic E-state index is 0.224. The van der Waals surface area contributed by atoms with Gasteiger partial charge in [0, 0.05) is 24.6 Å². The average Bonchev–Trinajstić information content (AvgIpc) is 2.29. The first-order valence-electron chi connectivity index (χ1n) is 5.51. The predicted molar refractivity (Wildman–Crippen MR) is 70.6 cm³/mol. The Kier molecular flexibility index (Phi) is 5.55. The maximum Gasteiger partial charge on any atom is 0.317 e. The largest absolute Gasteiger partial charge is 0.392 e. The summed E-state index contributed by atoms with van der Waals surface area (Å²) in [6.45, 7) is 2.07. The van der Waals surface area contributed by atoms with E-state index in [9.17, 15) is 9.18 Å². The van der Waals surface area contributed by atoms with E-state index in [-0.39, 0.29) is 24.9 Å². The maximum atomic E-state index is 13.0. The summed E-state index contributed by atoms with van der Waals surface area (Å²) < 4.78 is 13.8. The first kappa shape index (κ1) is 14.9. The molecular weight excluding hydrogens is 303 g/mol. The van der Waals surface area contributed by atoms with Gasteiger partial charge in [-0.3, -0.25) is 0 Å². The highest BCUT2D eigenvalue weighted by Crippen LogP contribution is 2.17. The monoisotopic (exact) mass is 318 g/mol. The summed E-state index contributed by atoms with van der Waals surface area (Å²) in [6.07, 6.45) is -0.582. The zero-order valence-corrected chi connectivity index (χ0v) is 11.9. The maximum absolute atomic E-state index is 13.0. The van der Waals surface area contributed by atoms with Gasteiger partial charge in [-0.05, 0) is 30.7 Å². The van der Waals surface area contributed by atoms with Crippen molar-refractivity contribution in [2.45, 2.75) is 19.6 Å². The van der Waals surface area contributed by atoms with E-state index in [2.05, 4.69) is 21.2 Å². The van der Waals surface area contributed by atoms with E-state index < -0.39 is 6.10 Å². The number of likely N-dealkylation sites (N-methyl/N-ethyl adjacent to an activating group) is 1. The normalized spacial score (nSPS) is 12.1. The summed E-state index contributed by atoms with van der Waals surface area (Å²) in [5, 5.41) is 11.8. The highest BCUT2D eigenvalue weighted by molar-refractivity contribution is 9.10. The standard InChI is InChI=1S/C12H16BrFN2O2/c1-8(17)7-16(2)12(18)15-6-9-5-10(14)3-4-11(9)13/h3-5,8,17H,6-7H2,1-2H3,(H,15,18). The molecule has 18 heavy (non-hydrogen) atoms. The molecule has 0 spiro atoms. The summed E-state index contributed by atoms with van der Waals surface area (Å²) in [5.41, 5.74) is 0.661. The van der Waals surface area contributed by atoms with Crippen molar-refractivity contribution < 1.29 is 14.3 Å². The zero-order chi connectivity index (χ0) is 13.7. The highest BCUT2D eigenvalue weighted by atomic mass is 79.9. The van der Waals surface area contributed by atoms with E-state index in [1.165, 1.54) is 17.0 Å². The molecule has 6 heteroatoms. The van der Waals surface area contributed by atoms with Crippen LogP contribution in [-0.4, -0.2) is 35.7 Å². The van der Waals surface area contributed by atoms with Crippen LogP contribution < -0.4 is 5.32 Å². The van der Waals surface area contributed by atoms with Crippen molar-refractivity contribution in [3.63, 3.8) is 0 Å². The molecule has 0 aliphatic rings. The van der Waals surface area contributed by atoms with E-state index in [1.54, 1.807) is 20.0 Å². The SMILES string of the molecule is CC(O)CN(C)C(=O)NCc1cc(F)ccc1Br. The quantitative estimate of drug-likeness (QED) is 0.893. The van der Waals surface area contributed by atoms with Crippen LogP contribution in [0.4, 0.5) is 9.18 Å². The number of aliphatic hydroxyl groups is 1. The van der Waals surface area contributed by atoms with Crippen LogP contribution in [0.5, 0.6) is 0 Å². The number of benzene rings is 1. The van der Waals surface area contributed by atoms with Crippen LogP contribution in [0.15, 0.2) is 22.7 Å². The van der Waals surface area contributed by atoms with Gasteiger partial charge in [0.05, 0.1) is 6.10 Å². The van der Waals surface area contributed by atoms with Gasteiger partial charge in [0.25, 0.3) is 0 Å². The smallest absolute Gasteiger partial charge is 0.317 e. The van der Waals surface area contributed by atoms with Crippen molar-refractivity contribution >= 4 is 22.0 Å². The number of nitrogens with zero attached hydrogens (tertiary/aromatic N) is 1. The second kappa shape index (κ2) is 6.70. The molecule has 1 aromatic carbocycles. The Morgan fingerprint density at radius 3 is 2.89 bits per heavy atom. The molecule has 2 amide bonds. The number of carbonyl (C=O) groups excluding carboxylic acids is 1. The fourth-order valence-electron chi connectivity index (χ4n) is 1.46. The molecule has 0 aliphatic carbocycles. The van der Waals surface area contributed by atoms with Crippen molar-refractivity contribution in [1.29, 1.82) is 0 Å². The van der Waals surface area contributed by atoms with Crippen molar-refractivity contribution in [2.75, 3.05) is 13.6 Å². The van der Waals surface area contributed by atoms with Crippen LogP contribution in [0.1, 0.15) is 12.5 Å². The van der Waals surface area contributed by atoms with Gasteiger partial charge in [0.1, 0.15) is 5.82 Å². The van der Waals surface area contributed by atoms with E-state index in [4.69, 9.17) is 5.11 Å². The Balaban J connectivity index is 2.54. The Hall–Kier alpha value is -1.14. The van der Waals surface area contributed by atoms with Gasteiger partial charge in [-0.1, -0.05) is 15.9 Å². The molecule has 1 rings (SSSR count). The molecule has 2 N–H and O–H groups in total. The van der Waals surface area contributed by atoms with Gasteiger partial charge >= 0.3 is 6.03 Å². The van der Waals surface area contributed by atoms with E-state index in [1.807, 2.05) is 0 Å². The number of rotatable bonds is 4. The highest BCUT2D eigenvalue weighted by Gasteiger charge is 2.11. The first-order valence-corrected chi connectivity index (χ1v) is 6.30. The number of halogens is 2. The minimum Gasteiger partial charge on any atom is -0.392 e. The zero-order valence-electron chi connectivity index (χ0n) is 10.3. The topological polar surface area (TPSA) is 52.6 Å². The number of hydrogen-bond donors (Lipinski definition) is 2. The minimum atomic E-state index is -0.582. The molecule has 0 saturated carbocycles. The van der Waals surface area contributed by atoms with Gasteiger partial charge in [-0.25, -0.2) is 9.18 Å². The van der Waals surface area contributed by atoms with Crippen LogP contribution in [0.2, 0.25) is 0 Å². The van der Waals surface area contributed by atoms with Crippen molar-refractivity contribution in [1.82, 2.24) is 10.2 Å². The van der Waals surface area contributed by atoms with E-state index in [0.29, 0.717) is 5.56 Å². The van der Waals surface area contributed by atoms with Crippen LogP contribution in [0.3, 0.4) is 0 Å². The van der Waals surface area contributed by atoms with Crippen molar-refractivity contribution in [2.24, 2.45) is 0 Å². The Morgan fingerprint density at radius 2 is 2.28 bits per heavy atom. The van der Waals surface area contributed by atoms with Crippen LogP contribution in [-0.2, 0) is 6.54 Å². The lowest BCUT2D eigenvalue weighted by Crippen LogP contribution is -2.40. The Labute approximate surface area is 114 Å². The lowest BCUT2D eigenvalue weighted by atomic mass is 10.2. The first-order chi connectivity index (χ1) is 8.40. The van der Waals surface area contributed by atoms with Gasteiger partial charge < -0.3 is 15.3 Å². The average molecular weight is 319 g/mol. The van der Waals surface area contributed by atoms with Crippen molar-refractivity contribution in [3.8, 4) is 0 Å². The lowest BCUT2D eigenvalue weighted by molar-refractivity contribution is 0.143. The van der Waals surface area contributed by atoms with Crippen LogP contribution in [0.25, 0.3) is 0 Å². The number of amides is 2. The second-order valence-electron chi connectivity index (χ2n) is 4.12. The van der Waals surface area contributed by atoms with Gasteiger partial charge in [0.2, 0.25) is 0 Å². The van der Waals surface area contributed by atoms with Crippen molar-refractivity contribution in [3.05, 3.63) is 34.1 Å². The fourth-order valence-corrected chi connectivity index (χ4v) is 1.85. The third-order valence-corrected chi connectivity index (χ3v) is 3.10. The number of urea groups is 1. The fraction of sp³-hybridized carbons (Fsp3) is 0.417. The summed E-state index contributed by atoms with van der Waals surface area (Å²) in [4.78, 5) is 13.0. The van der Waals surface area contributed by atoms with Crippen LogP contribution in [0, 0.1) is 5.82 Å². The molecule has 1 aromatic rings. The van der Waals surface area contributed by atoms with Gasteiger partial charge in [-0.2, -0.15) is 0 Å². The molecule has 0 aliphatic heterocycles. The third kappa shape index (κ3) is 4.62. The molecule has 0 saturated heterocycles. The summed E-state index contributed by atoms with van der Waals surface area (Å²) in [5.74, 6) is -0.347. The molecule has 4 nitrogen and oxygen atoms in total. The summed E-state index contributed by atoms with van der Waals surface area (Å²) >= 11 is 3.29. The molecule has 0 aromatic heterocycles. The van der Waals surface area contributed by atoms with E-state index >= 15 is 0 Å². The molecule has 1 atom stereocenters. The van der Waals surface area contributed by atoms with Crippen LogP contribution >= 0.6 is 15.9 Å². The molecule has 0 radical (unpaired) electrons. The molecule has 100 valence electrons. The Morgan fingerprint density at radius 1 is 1.61 bits per heavy atom. The molecular formula is C12H16BrFN2O2. The second-order valence-corrected chi connectivity index (χ2v) is 4.98. The third-order valence-electron chi connectivity index (χ3n) is 2.32. The number of aliphatic hydroxyl groups excluding tert-OH is 1. The van der Waals surface area contributed by atoms with Gasteiger partial charge in [-0.15, -0.1) is 0 Å². The number of nitrogens with one attached hydrogen (secondary N) is 1. The Bertz CT molecular complexity index is 427.